The second kappa shape index (κ2) is 5.40. The van der Waals surface area contributed by atoms with Crippen LogP contribution in [0.25, 0.3) is 0 Å². The minimum atomic E-state index is 0.286. The van der Waals surface area contributed by atoms with Crippen LogP contribution in [0.4, 0.5) is 0 Å². The van der Waals surface area contributed by atoms with Crippen molar-refractivity contribution in [2.75, 3.05) is 13.6 Å². The number of benzene rings is 1. The average molecular weight is 247 g/mol. The molecular weight excluding hydrogens is 226 g/mol. The highest BCUT2D eigenvalue weighted by Crippen LogP contribution is 2.35. The van der Waals surface area contributed by atoms with Crippen LogP contribution in [-0.2, 0) is 6.42 Å². The molecule has 0 amide bonds. The first-order valence-corrected chi connectivity index (χ1v) is 6.36. The van der Waals surface area contributed by atoms with E-state index in [2.05, 4.69) is 48.3 Å². The number of hydrogen-bond acceptors (Lipinski definition) is 3. The first-order valence-electron chi connectivity index (χ1n) is 6.36. The van der Waals surface area contributed by atoms with Crippen LogP contribution in [0.2, 0.25) is 0 Å². The summed E-state index contributed by atoms with van der Waals surface area (Å²) in [5.74, 6) is 0.921. The van der Waals surface area contributed by atoms with Crippen LogP contribution in [0, 0.1) is 0 Å². The van der Waals surface area contributed by atoms with Crippen LogP contribution in [0.3, 0.4) is 0 Å². The van der Waals surface area contributed by atoms with Gasteiger partial charge in [-0.25, -0.2) is 0 Å². The normalized spacial score (nSPS) is 20.4. The van der Waals surface area contributed by atoms with Gasteiger partial charge in [0.25, 0.3) is 0 Å². The zero-order valence-electron chi connectivity index (χ0n) is 11.0. The van der Waals surface area contributed by atoms with E-state index < -0.39 is 0 Å². The van der Waals surface area contributed by atoms with Gasteiger partial charge in [-0.05, 0) is 31.5 Å². The Labute approximate surface area is 108 Å². The van der Waals surface area contributed by atoms with Gasteiger partial charge in [0.15, 0.2) is 0 Å². The maximum absolute atomic E-state index is 8.58. The summed E-state index contributed by atoms with van der Waals surface area (Å²) in [6.45, 7) is 3.12. The van der Waals surface area contributed by atoms with Crippen LogP contribution in [0.5, 0.6) is 0 Å². The third kappa shape index (κ3) is 2.64. The molecule has 2 rings (SSSR count). The molecule has 0 heterocycles. The van der Waals surface area contributed by atoms with Crippen LogP contribution in [0.15, 0.2) is 29.4 Å². The largest absolute Gasteiger partial charge is 0.409 e. The maximum Gasteiger partial charge on any atom is 0.140 e. The van der Waals surface area contributed by atoms with E-state index in [1.807, 2.05) is 0 Å². The second-order valence-corrected chi connectivity index (χ2v) is 5.18. The van der Waals surface area contributed by atoms with Crippen molar-refractivity contribution >= 4 is 5.84 Å². The van der Waals surface area contributed by atoms with E-state index in [1.165, 1.54) is 11.1 Å². The molecule has 0 radical (unpaired) electrons. The topological polar surface area (TPSA) is 61.9 Å². The second-order valence-electron chi connectivity index (χ2n) is 5.18. The molecule has 0 saturated heterocycles. The average Bonchev–Trinajstić information content (AvgIpc) is 2.35. The predicted octanol–water partition coefficient (Wildman–Crippen LogP) is 1.78. The highest BCUT2D eigenvalue weighted by Gasteiger charge is 2.27. The van der Waals surface area contributed by atoms with Gasteiger partial charge in [0.05, 0.1) is 0 Å². The number of oxime groups is 1. The molecule has 0 spiro atoms. The number of nitrogens with zero attached hydrogens (tertiary/aromatic N) is 2. The van der Waals surface area contributed by atoms with Gasteiger partial charge in [-0.3, -0.25) is 0 Å². The molecule has 3 N–H and O–H groups in total. The molecular formula is C14H21N3O. The quantitative estimate of drug-likeness (QED) is 0.361. The van der Waals surface area contributed by atoms with Gasteiger partial charge in [-0.1, -0.05) is 29.4 Å². The van der Waals surface area contributed by atoms with Crippen molar-refractivity contribution in [2.45, 2.75) is 31.7 Å². The molecule has 4 nitrogen and oxygen atoms in total. The van der Waals surface area contributed by atoms with E-state index in [-0.39, 0.29) is 6.04 Å². The Kier molecular flexibility index (Phi) is 3.87. The molecule has 18 heavy (non-hydrogen) atoms. The minimum absolute atomic E-state index is 0.286. The first-order chi connectivity index (χ1) is 8.61. The lowest BCUT2D eigenvalue weighted by Gasteiger charge is -2.35. The first kappa shape index (κ1) is 12.9. The lowest BCUT2D eigenvalue weighted by atomic mass is 9.77. The summed E-state index contributed by atoms with van der Waals surface area (Å²) < 4.78 is 0. The van der Waals surface area contributed by atoms with E-state index in [4.69, 9.17) is 10.9 Å². The van der Waals surface area contributed by atoms with Crippen molar-refractivity contribution in [2.24, 2.45) is 10.9 Å². The monoisotopic (exact) mass is 247 g/mol. The lowest BCUT2D eigenvalue weighted by Crippen LogP contribution is -2.38. The van der Waals surface area contributed by atoms with E-state index in [0.29, 0.717) is 18.2 Å². The molecule has 1 aromatic carbocycles. The minimum Gasteiger partial charge on any atom is -0.409 e. The molecule has 1 aliphatic rings. The van der Waals surface area contributed by atoms with Crippen LogP contribution >= 0.6 is 0 Å². The van der Waals surface area contributed by atoms with E-state index in [9.17, 15) is 0 Å². The molecule has 0 aromatic heterocycles. The predicted molar refractivity (Wildman–Crippen MR) is 73.0 cm³/mol. The Morgan fingerprint density at radius 1 is 1.56 bits per heavy atom. The number of rotatable bonds is 5. The molecule has 1 aromatic rings. The molecule has 4 heteroatoms. The third-order valence-electron chi connectivity index (χ3n) is 3.86. The van der Waals surface area contributed by atoms with Crippen molar-refractivity contribution in [3.05, 3.63) is 35.4 Å². The Morgan fingerprint density at radius 2 is 2.28 bits per heavy atom. The fraction of sp³-hybridized carbons (Fsp3) is 0.500. The smallest absolute Gasteiger partial charge is 0.140 e. The van der Waals surface area contributed by atoms with E-state index in [1.54, 1.807) is 0 Å². The third-order valence-corrected chi connectivity index (χ3v) is 3.86. The van der Waals surface area contributed by atoms with E-state index in [0.717, 1.165) is 13.0 Å². The van der Waals surface area contributed by atoms with Crippen molar-refractivity contribution in [3.63, 3.8) is 0 Å². The molecule has 2 unspecified atom stereocenters. The summed E-state index contributed by atoms with van der Waals surface area (Å²) in [5, 5.41) is 11.6. The zero-order chi connectivity index (χ0) is 13.1. The highest BCUT2D eigenvalue weighted by atomic mass is 16.4. The molecule has 1 aliphatic carbocycles. The van der Waals surface area contributed by atoms with Crippen molar-refractivity contribution in [3.8, 4) is 0 Å². The zero-order valence-corrected chi connectivity index (χ0v) is 11.0. The van der Waals surface area contributed by atoms with Crippen LogP contribution in [-0.4, -0.2) is 35.6 Å². The number of fused-ring (bicyclic) bond motifs is 1. The number of likely N-dealkylation sites (N-methyl/N-ethyl adjacent to an activating group) is 1. The highest BCUT2D eigenvalue weighted by molar-refractivity contribution is 5.80. The van der Waals surface area contributed by atoms with Crippen molar-refractivity contribution in [1.29, 1.82) is 0 Å². The number of hydrogen-bond donors (Lipinski definition) is 2. The summed E-state index contributed by atoms with van der Waals surface area (Å²) in [6, 6.07) is 8.90. The Balaban J connectivity index is 1.88. The number of amidine groups is 1. The fourth-order valence-electron chi connectivity index (χ4n) is 2.55. The number of nitrogens with two attached hydrogens (primary N) is 1. The summed E-state index contributed by atoms with van der Waals surface area (Å²) in [4.78, 5) is 2.28. The molecule has 98 valence electrons. The van der Waals surface area contributed by atoms with Gasteiger partial charge < -0.3 is 15.8 Å². The molecule has 0 aliphatic heterocycles. The summed E-state index contributed by atoms with van der Waals surface area (Å²) in [5.41, 5.74) is 8.48. The van der Waals surface area contributed by atoms with Gasteiger partial charge >= 0.3 is 0 Å². The van der Waals surface area contributed by atoms with Gasteiger partial charge in [0, 0.05) is 24.9 Å². The molecule has 0 saturated carbocycles. The fourth-order valence-corrected chi connectivity index (χ4v) is 2.55. The molecule has 2 atom stereocenters. The summed E-state index contributed by atoms with van der Waals surface area (Å²) >= 11 is 0. The van der Waals surface area contributed by atoms with Gasteiger partial charge in [0.2, 0.25) is 0 Å². The van der Waals surface area contributed by atoms with Crippen LogP contribution < -0.4 is 5.73 Å². The van der Waals surface area contributed by atoms with E-state index >= 15 is 0 Å². The summed E-state index contributed by atoms with van der Waals surface area (Å²) in [7, 11) is 2.09. The van der Waals surface area contributed by atoms with Crippen LogP contribution in [0.1, 0.15) is 30.4 Å². The lowest BCUT2D eigenvalue weighted by molar-refractivity contribution is 0.236. The van der Waals surface area contributed by atoms with Crippen molar-refractivity contribution in [1.82, 2.24) is 4.90 Å². The SMILES string of the molecule is CC(C/C(N)=N/O)N(C)CC1Cc2ccccc21. The maximum atomic E-state index is 8.58. The van der Waals surface area contributed by atoms with Gasteiger partial charge in [0.1, 0.15) is 5.84 Å². The Hall–Kier alpha value is -1.55. The standard InChI is InChI=1S/C14H21N3O/c1-10(7-14(15)16-18)17(2)9-12-8-11-5-3-4-6-13(11)12/h3-6,10,12,18H,7-9H2,1-2H3,(H2,15,16). The van der Waals surface area contributed by atoms with Gasteiger partial charge in [-0.15, -0.1) is 0 Å². The summed E-state index contributed by atoms with van der Waals surface area (Å²) in [6.07, 6.45) is 1.76. The molecule has 0 fully saturated rings. The van der Waals surface area contributed by atoms with Crippen molar-refractivity contribution < 1.29 is 5.21 Å². The van der Waals surface area contributed by atoms with Gasteiger partial charge in [-0.2, -0.15) is 0 Å². The Morgan fingerprint density at radius 3 is 2.94 bits per heavy atom. The Bertz CT molecular complexity index is 444. The molecule has 0 bridgehead atoms.